The van der Waals surface area contributed by atoms with Gasteiger partial charge in [-0.2, -0.15) is 0 Å². The molecular formula is C33H39ClFNO4. The SMILES string of the molecule is Cl.O=C(O)CCc1ccc(OCc2ccc(CN3CCC4(CC3)CC(Cc3cccc(F)c3)CCO4)cc2)cc1. The van der Waals surface area contributed by atoms with Gasteiger partial charge >= 0.3 is 5.97 Å². The summed E-state index contributed by atoms with van der Waals surface area (Å²) in [6.07, 6.45) is 5.81. The molecule has 0 aromatic heterocycles. The quantitative estimate of drug-likeness (QED) is 0.290. The van der Waals surface area contributed by atoms with E-state index in [4.69, 9.17) is 14.6 Å². The first kappa shape index (κ1) is 30.0. The van der Waals surface area contributed by atoms with Crippen LogP contribution in [0.4, 0.5) is 4.39 Å². The Labute approximate surface area is 242 Å². The molecule has 3 aromatic rings. The molecule has 1 N–H and O–H groups in total. The number of carboxylic acids is 1. The Hall–Kier alpha value is -2.93. The number of likely N-dealkylation sites (tertiary alicyclic amines) is 1. The molecule has 214 valence electrons. The molecule has 0 amide bonds. The molecule has 2 fully saturated rings. The van der Waals surface area contributed by atoms with Crippen LogP contribution < -0.4 is 4.74 Å². The fraction of sp³-hybridized carbons (Fsp3) is 0.424. The molecule has 2 heterocycles. The van der Waals surface area contributed by atoms with Crippen LogP contribution in [0.25, 0.3) is 0 Å². The van der Waals surface area contributed by atoms with Crippen molar-refractivity contribution >= 4 is 18.4 Å². The van der Waals surface area contributed by atoms with Crippen molar-refractivity contribution in [2.75, 3.05) is 19.7 Å². The van der Waals surface area contributed by atoms with E-state index in [0.717, 1.165) is 80.8 Å². The number of hydrogen-bond donors (Lipinski definition) is 1. The Kier molecular flexibility index (Phi) is 10.6. The van der Waals surface area contributed by atoms with E-state index < -0.39 is 5.97 Å². The highest BCUT2D eigenvalue weighted by Crippen LogP contribution is 2.39. The largest absolute Gasteiger partial charge is 0.489 e. The lowest BCUT2D eigenvalue weighted by Crippen LogP contribution is -2.49. The standard InChI is InChI=1S/C33H38FNO4.ClH/c34-30-3-1-2-28(21-30)20-29-14-19-39-33(22-29)15-17-35(18-16-33)23-26-4-6-27(7-5-26)24-38-31-11-8-25(9-12-31)10-13-32(36)37;/h1-9,11-12,21,29H,10,13-20,22-24H2,(H,36,37);1H. The lowest BCUT2D eigenvalue weighted by molar-refractivity contribution is -0.137. The average molecular weight is 568 g/mol. The second kappa shape index (κ2) is 14.1. The Morgan fingerprint density at radius 1 is 0.975 bits per heavy atom. The molecular weight excluding hydrogens is 529 g/mol. The lowest BCUT2D eigenvalue weighted by Gasteiger charge is -2.46. The van der Waals surface area contributed by atoms with E-state index in [1.54, 1.807) is 6.07 Å². The number of piperidine rings is 1. The zero-order chi connectivity index (χ0) is 27.1. The summed E-state index contributed by atoms with van der Waals surface area (Å²) in [6, 6.07) is 23.3. The number of rotatable bonds is 10. The third kappa shape index (κ3) is 8.53. The van der Waals surface area contributed by atoms with Crippen molar-refractivity contribution in [3.63, 3.8) is 0 Å². The monoisotopic (exact) mass is 567 g/mol. The molecule has 1 unspecified atom stereocenters. The van der Waals surface area contributed by atoms with E-state index in [1.165, 1.54) is 11.6 Å². The number of carboxylic acid groups (broad SMARTS) is 1. The minimum absolute atomic E-state index is 0. The molecule has 0 radical (unpaired) electrons. The fourth-order valence-electron chi connectivity index (χ4n) is 5.94. The molecule has 0 aliphatic carbocycles. The topological polar surface area (TPSA) is 59.0 Å². The van der Waals surface area contributed by atoms with Crippen molar-refractivity contribution in [1.82, 2.24) is 4.90 Å². The van der Waals surface area contributed by atoms with Crippen LogP contribution in [0.15, 0.2) is 72.8 Å². The van der Waals surface area contributed by atoms with Crippen LogP contribution in [0.2, 0.25) is 0 Å². The van der Waals surface area contributed by atoms with Gasteiger partial charge in [-0.05, 0) is 91.0 Å². The summed E-state index contributed by atoms with van der Waals surface area (Å²) in [7, 11) is 0. The number of nitrogens with zero attached hydrogens (tertiary/aromatic N) is 1. The number of carbonyl (C=O) groups is 1. The molecule has 5 nitrogen and oxygen atoms in total. The second-order valence-electron chi connectivity index (χ2n) is 11.1. The molecule has 5 rings (SSSR count). The summed E-state index contributed by atoms with van der Waals surface area (Å²) < 4.78 is 25.9. The van der Waals surface area contributed by atoms with Crippen molar-refractivity contribution in [2.45, 2.75) is 63.7 Å². The van der Waals surface area contributed by atoms with Crippen LogP contribution in [0.3, 0.4) is 0 Å². The molecule has 0 saturated carbocycles. The zero-order valence-electron chi connectivity index (χ0n) is 22.9. The molecule has 2 saturated heterocycles. The van der Waals surface area contributed by atoms with Gasteiger partial charge in [0.1, 0.15) is 18.2 Å². The number of aliphatic carboxylic acids is 1. The highest BCUT2D eigenvalue weighted by Gasteiger charge is 2.40. The number of hydrogen-bond acceptors (Lipinski definition) is 4. The van der Waals surface area contributed by atoms with Gasteiger partial charge in [0.2, 0.25) is 0 Å². The average Bonchev–Trinajstić information content (AvgIpc) is 2.94. The summed E-state index contributed by atoms with van der Waals surface area (Å²) in [5.41, 5.74) is 4.48. The summed E-state index contributed by atoms with van der Waals surface area (Å²) in [6.45, 7) is 4.29. The molecule has 2 aliphatic rings. The maximum atomic E-state index is 13.6. The molecule has 2 aliphatic heterocycles. The van der Waals surface area contributed by atoms with Gasteiger partial charge in [-0.25, -0.2) is 4.39 Å². The third-order valence-electron chi connectivity index (χ3n) is 8.16. The van der Waals surface area contributed by atoms with Gasteiger partial charge in [0, 0.05) is 32.7 Å². The Morgan fingerprint density at radius 3 is 2.38 bits per heavy atom. The van der Waals surface area contributed by atoms with E-state index in [-0.39, 0.29) is 30.2 Å². The van der Waals surface area contributed by atoms with Crippen LogP contribution in [0.5, 0.6) is 5.75 Å². The maximum absolute atomic E-state index is 13.6. The molecule has 40 heavy (non-hydrogen) atoms. The normalized spacial score (nSPS) is 18.7. The first-order valence-electron chi connectivity index (χ1n) is 14.1. The molecule has 1 spiro atoms. The summed E-state index contributed by atoms with van der Waals surface area (Å²) in [5, 5.41) is 8.82. The van der Waals surface area contributed by atoms with E-state index in [2.05, 4.69) is 29.2 Å². The minimum Gasteiger partial charge on any atom is -0.489 e. The number of halogens is 2. The van der Waals surface area contributed by atoms with Crippen molar-refractivity contribution in [2.24, 2.45) is 5.92 Å². The van der Waals surface area contributed by atoms with E-state index in [1.807, 2.05) is 36.4 Å². The number of aryl methyl sites for hydroxylation is 1. The smallest absolute Gasteiger partial charge is 0.303 e. The number of ether oxygens (including phenoxy) is 2. The van der Waals surface area contributed by atoms with Gasteiger partial charge in [0.15, 0.2) is 0 Å². The van der Waals surface area contributed by atoms with Crippen molar-refractivity contribution in [1.29, 1.82) is 0 Å². The van der Waals surface area contributed by atoms with Crippen LogP contribution in [-0.2, 0) is 35.5 Å². The molecule has 3 aromatic carbocycles. The van der Waals surface area contributed by atoms with Gasteiger partial charge in [0.05, 0.1) is 5.60 Å². The van der Waals surface area contributed by atoms with E-state index in [9.17, 15) is 9.18 Å². The Balaban J connectivity index is 0.00000370. The van der Waals surface area contributed by atoms with Gasteiger partial charge in [0.25, 0.3) is 0 Å². The second-order valence-corrected chi connectivity index (χ2v) is 11.1. The van der Waals surface area contributed by atoms with Gasteiger partial charge in [-0.3, -0.25) is 9.69 Å². The van der Waals surface area contributed by atoms with E-state index >= 15 is 0 Å². The fourth-order valence-corrected chi connectivity index (χ4v) is 5.94. The summed E-state index contributed by atoms with van der Waals surface area (Å²) >= 11 is 0. The summed E-state index contributed by atoms with van der Waals surface area (Å²) in [4.78, 5) is 13.2. The number of benzene rings is 3. The first-order valence-corrected chi connectivity index (χ1v) is 14.1. The maximum Gasteiger partial charge on any atom is 0.303 e. The van der Waals surface area contributed by atoms with E-state index in [0.29, 0.717) is 18.9 Å². The van der Waals surface area contributed by atoms with Crippen LogP contribution in [0, 0.1) is 11.7 Å². The highest BCUT2D eigenvalue weighted by molar-refractivity contribution is 5.85. The molecule has 1 atom stereocenters. The van der Waals surface area contributed by atoms with Crippen molar-refractivity contribution < 1.29 is 23.8 Å². The van der Waals surface area contributed by atoms with Crippen LogP contribution >= 0.6 is 12.4 Å². The van der Waals surface area contributed by atoms with Crippen LogP contribution in [0.1, 0.15) is 54.4 Å². The third-order valence-corrected chi connectivity index (χ3v) is 8.16. The van der Waals surface area contributed by atoms with Gasteiger partial charge < -0.3 is 14.6 Å². The predicted molar refractivity (Wildman–Crippen MR) is 156 cm³/mol. The van der Waals surface area contributed by atoms with Gasteiger partial charge in [-0.15, -0.1) is 12.4 Å². The Bertz CT molecular complexity index is 1230. The van der Waals surface area contributed by atoms with Crippen molar-refractivity contribution in [3.8, 4) is 5.75 Å². The zero-order valence-corrected chi connectivity index (χ0v) is 23.7. The summed E-state index contributed by atoms with van der Waals surface area (Å²) in [5.74, 6) is 0.401. The predicted octanol–water partition coefficient (Wildman–Crippen LogP) is 6.85. The first-order chi connectivity index (χ1) is 18.9. The van der Waals surface area contributed by atoms with Crippen LogP contribution in [-0.4, -0.2) is 41.3 Å². The lowest BCUT2D eigenvalue weighted by atomic mass is 9.77. The molecule has 7 heteroatoms. The Morgan fingerprint density at radius 2 is 1.68 bits per heavy atom. The molecule has 0 bridgehead atoms. The van der Waals surface area contributed by atoms with Gasteiger partial charge in [-0.1, -0.05) is 48.5 Å². The van der Waals surface area contributed by atoms with Crippen molar-refractivity contribution in [3.05, 3.63) is 101 Å². The highest BCUT2D eigenvalue weighted by atomic mass is 35.5. The minimum atomic E-state index is -0.784.